The summed E-state index contributed by atoms with van der Waals surface area (Å²) in [5.74, 6) is -0.461. The lowest BCUT2D eigenvalue weighted by Crippen LogP contribution is -2.15. The van der Waals surface area contributed by atoms with Gasteiger partial charge in [-0.25, -0.2) is 4.79 Å². The highest BCUT2D eigenvalue weighted by molar-refractivity contribution is 5.95. The molecule has 1 aromatic rings. The van der Waals surface area contributed by atoms with Crippen molar-refractivity contribution in [1.82, 2.24) is 0 Å². The molecular weight excluding hydrogens is 252 g/mol. The largest absolute Gasteiger partial charge is 0.462 e. The van der Waals surface area contributed by atoms with Crippen molar-refractivity contribution in [3.05, 3.63) is 33.9 Å². The first-order chi connectivity index (χ1) is 9.08. The number of esters is 1. The van der Waals surface area contributed by atoms with Crippen molar-refractivity contribution in [2.45, 2.75) is 6.42 Å². The van der Waals surface area contributed by atoms with E-state index in [4.69, 9.17) is 15.2 Å². The fourth-order valence-electron chi connectivity index (χ4n) is 1.82. The van der Waals surface area contributed by atoms with Crippen molar-refractivity contribution in [3.63, 3.8) is 0 Å². The summed E-state index contributed by atoms with van der Waals surface area (Å²) in [4.78, 5) is 21.9. The number of non-ortho nitro benzene ring substituents is 1. The maximum absolute atomic E-state index is 11.8. The number of carbonyl (C=O) groups is 1. The maximum Gasteiger partial charge on any atom is 0.340 e. The second-order valence-corrected chi connectivity index (χ2v) is 4.36. The minimum atomic E-state index is -0.645. The van der Waals surface area contributed by atoms with Gasteiger partial charge >= 0.3 is 5.97 Å². The van der Waals surface area contributed by atoms with Gasteiger partial charge in [0.25, 0.3) is 5.69 Å². The van der Waals surface area contributed by atoms with Crippen LogP contribution in [0, 0.1) is 16.0 Å². The van der Waals surface area contributed by atoms with E-state index in [1.807, 2.05) is 0 Å². The number of hydrogen-bond donors (Lipinski definition) is 1. The monoisotopic (exact) mass is 266 g/mol. The van der Waals surface area contributed by atoms with Gasteiger partial charge in [0.2, 0.25) is 0 Å². The predicted molar refractivity (Wildman–Crippen MR) is 66.7 cm³/mol. The first-order valence-corrected chi connectivity index (χ1v) is 5.86. The van der Waals surface area contributed by atoms with Crippen LogP contribution in [0.5, 0.6) is 0 Å². The molecule has 0 spiro atoms. The van der Waals surface area contributed by atoms with Crippen LogP contribution in [0.3, 0.4) is 0 Å². The van der Waals surface area contributed by atoms with Crippen LogP contribution in [0.15, 0.2) is 18.2 Å². The highest BCUT2D eigenvalue weighted by Gasteiger charge is 2.20. The number of benzene rings is 1. The molecule has 0 radical (unpaired) electrons. The van der Waals surface area contributed by atoms with E-state index in [1.165, 1.54) is 12.1 Å². The molecule has 1 aliphatic heterocycles. The number of nitrogen functional groups attached to an aromatic ring is 1. The number of nitro groups is 1. The maximum atomic E-state index is 11.8. The fourth-order valence-corrected chi connectivity index (χ4v) is 1.82. The van der Waals surface area contributed by atoms with E-state index in [2.05, 4.69) is 0 Å². The van der Waals surface area contributed by atoms with Gasteiger partial charge in [-0.3, -0.25) is 10.1 Å². The quantitative estimate of drug-likeness (QED) is 0.382. The Kier molecular flexibility index (Phi) is 3.96. The van der Waals surface area contributed by atoms with Crippen LogP contribution < -0.4 is 5.73 Å². The smallest absolute Gasteiger partial charge is 0.340 e. The standard InChI is InChI=1S/C12H14N2O5/c13-11-2-1-9(14(16)17)5-10(11)12(15)19-7-8-3-4-18-6-8/h1-2,5,8H,3-4,6-7,13H2. The van der Waals surface area contributed by atoms with Crippen LogP contribution in [0.1, 0.15) is 16.8 Å². The minimum absolute atomic E-state index is 0.0214. The van der Waals surface area contributed by atoms with E-state index in [0.29, 0.717) is 13.2 Å². The lowest BCUT2D eigenvalue weighted by atomic mass is 10.1. The zero-order chi connectivity index (χ0) is 13.8. The Morgan fingerprint density at radius 3 is 3.00 bits per heavy atom. The van der Waals surface area contributed by atoms with Crippen LogP contribution >= 0.6 is 0 Å². The normalized spacial score (nSPS) is 18.2. The average molecular weight is 266 g/mol. The lowest BCUT2D eigenvalue weighted by Gasteiger charge is -2.10. The first kappa shape index (κ1) is 13.3. The van der Waals surface area contributed by atoms with E-state index < -0.39 is 10.9 Å². The molecule has 2 rings (SSSR count). The minimum Gasteiger partial charge on any atom is -0.462 e. The Morgan fingerprint density at radius 1 is 1.58 bits per heavy atom. The highest BCUT2D eigenvalue weighted by atomic mass is 16.6. The van der Waals surface area contributed by atoms with Crippen LogP contribution in [0.2, 0.25) is 0 Å². The second kappa shape index (κ2) is 5.66. The molecule has 0 saturated carbocycles. The molecule has 7 nitrogen and oxygen atoms in total. The molecule has 7 heteroatoms. The van der Waals surface area contributed by atoms with Crippen molar-refractivity contribution >= 4 is 17.3 Å². The van der Waals surface area contributed by atoms with E-state index >= 15 is 0 Å². The fraction of sp³-hybridized carbons (Fsp3) is 0.417. The van der Waals surface area contributed by atoms with Gasteiger partial charge in [-0.05, 0) is 12.5 Å². The van der Waals surface area contributed by atoms with Gasteiger partial charge in [-0.15, -0.1) is 0 Å². The van der Waals surface area contributed by atoms with Gasteiger partial charge in [-0.1, -0.05) is 0 Å². The van der Waals surface area contributed by atoms with E-state index in [1.54, 1.807) is 0 Å². The van der Waals surface area contributed by atoms with E-state index in [-0.39, 0.29) is 29.5 Å². The summed E-state index contributed by atoms with van der Waals surface area (Å²) in [5, 5.41) is 10.7. The molecule has 102 valence electrons. The Balaban J connectivity index is 2.04. The molecule has 1 saturated heterocycles. The Morgan fingerprint density at radius 2 is 2.37 bits per heavy atom. The van der Waals surface area contributed by atoms with Gasteiger partial charge in [0.15, 0.2) is 0 Å². The SMILES string of the molecule is Nc1ccc([N+](=O)[O-])cc1C(=O)OCC1CCOC1. The molecule has 0 bridgehead atoms. The Bertz CT molecular complexity index is 497. The van der Waals surface area contributed by atoms with E-state index in [9.17, 15) is 14.9 Å². The van der Waals surface area contributed by atoms with Gasteiger partial charge in [0.05, 0.1) is 23.7 Å². The van der Waals surface area contributed by atoms with Gasteiger partial charge < -0.3 is 15.2 Å². The number of nitrogens with two attached hydrogens (primary N) is 1. The van der Waals surface area contributed by atoms with E-state index in [0.717, 1.165) is 12.5 Å². The molecule has 1 heterocycles. The zero-order valence-corrected chi connectivity index (χ0v) is 10.2. The summed E-state index contributed by atoms with van der Waals surface area (Å²) in [7, 11) is 0. The predicted octanol–water partition coefficient (Wildman–Crippen LogP) is 1.37. The molecule has 1 fully saturated rings. The van der Waals surface area contributed by atoms with Crippen LogP contribution in [0.4, 0.5) is 11.4 Å². The van der Waals surface area contributed by atoms with Crippen molar-refractivity contribution in [2.24, 2.45) is 5.92 Å². The van der Waals surface area contributed by atoms with Crippen LogP contribution in [-0.4, -0.2) is 30.7 Å². The highest BCUT2D eigenvalue weighted by Crippen LogP contribution is 2.21. The summed E-state index contributed by atoms with van der Waals surface area (Å²) in [6.45, 7) is 1.47. The number of rotatable bonds is 4. The number of nitro benzene ring substituents is 1. The second-order valence-electron chi connectivity index (χ2n) is 4.36. The summed E-state index contributed by atoms with van der Waals surface area (Å²) in [6.07, 6.45) is 0.845. The number of anilines is 1. The number of carbonyl (C=O) groups excluding carboxylic acids is 1. The molecule has 0 aliphatic carbocycles. The summed E-state index contributed by atoms with van der Waals surface area (Å²) < 4.78 is 10.3. The van der Waals surface area contributed by atoms with Gasteiger partial charge in [0.1, 0.15) is 0 Å². The average Bonchev–Trinajstić information content (AvgIpc) is 2.89. The molecule has 1 atom stereocenters. The van der Waals surface area contributed by atoms with Crippen LogP contribution in [-0.2, 0) is 9.47 Å². The number of nitrogens with zero attached hydrogens (tertiary/aromatic N) is 1. The number of hydrogen-bond acceptors (Lipinski definition) is 6. The van der Waals surface area contributed by atoms with Crippen molar-refractivity contribution in [2.75, 3.05) is 25.6 Å². The lowest BCUT2D eigenvalue weighted by molar-refractivity contribution is -0.384. The summed E-state index contributed by atoms with van der Waals surface area (Å²) >= 11 is 0. The first-order valence-electron chi connectivity index (χ1n) is 5.86. The molecule has 0 amide bonds. The van der Waals surface area contributed by atoms with Crippen LogP contribution in [0.25, 0.3) is 0 Å². The molecular formula is C12H14N2O5. The van der Waals surface area contributed by atoms with Crippen molar-refractivity contribution in [1.29, 1.82) is 0 Å². The molecule has 2 N–H and O–H groups in total. The molecule has 1 aliphatic rings. The summed E-state index contributed by atoms with van der Waals surface area (Å²) in [5.41, 5.74) is 5.62. The Hall–Kier alpha value is -2.15. The molecule has 0 aromatic heterocycles. The van der Waals surface area contributed by atoms with Crippen molar-refractivity contribution < 1.29 is 19.2 Å². The molecule has 19 heavy (non-hydrogen) atoms. The third-order valence-electron chi connectivity index (χ3n) is 2.94. The topological polar surface area (TPSA) is 105 Å². The molecule has 1 aromatic carbocycles. The molecule has 1 unspecified atom stereocenters. The van der Waals surface area contributed by atoms with Crippen molar-refractivity contribution in [3.8, 4) is 0 Å². The van der Waals surface area contributed by atoms with Gasteiger partial charge in [-0.2, -0.15) is 0 Å². The zero-order valence-electron chi connectivity index (χ0n) is 10.2. The Labute approximate surface area is 109 Å². The number of ether oxygens (including phenoxy) is 2. The van der Waals surface area contributed by atoms with Gasteiger partial charge in [0, 0.05) is 30.3 Å². The third kappa shape index (κ3) is 3.19. The third-order valence-corrected chi connectivity index (χ3v) is 2.94. The summed E-state index contributed by atoms with van der Waals surface area (Å²) in [6, 6.07) is 3.70.